The first kappa shape index (κ1) is 12.6. The lowest BCUT2D eigenvalue weighted by molar-refractivity contribution is 0.244. The van der Waals surface area contributed by atoms with Crippen molar-refractivity contribution in [1.82, 2.24) is 14.9 Å². The van der Waals surface area contributed by atoms with Crippen LogP contribution >= 0.6 is 11.3 Å². The Bertz CT molecular complexity index is 505. The Kier molecular flexibility index (Phi) is 3.75. The number of nitrogens with zero attached hydrogens (tertiary/aromatic N) is 3. The van der Waals surface area contributed by atoms with Crippen molar-refractivity contribution < 1.29 is 0 Å². The summed E-state index contributed by atoms with van der Waals surface area (Å²) in [5.41, 5.74) is 1.04. The zero-order valence-corrected chi connectivity index (χ0v) is 11.9. The molecule has 0 saturated heterocycles. The van der Waals surface area contributed by atoms with Crippen LogP contribution in [0.1, 0.15) is 23.4 Å². The first-order valence-corrected chi connectivity index (χ1v) is 7.48. The summed E-state index contributed by atoms with van der Waals surface area (Å²) in [6.45, 7) is 1.91. The Labute approximate surface area is 117 Å². The van der Waals surface area contributed by atoms with Crippen LogP contribution in [-0.4, -0.2) is 28.0 Å². The van der Waals surface area contributed by atoms with E-state index < -0.39 is 0 Å². The number of aromatic nitrogens is 2. The lowest BCUT2D eigenvalue weighted by atomic mass is 10.3. The molecule has 1 fully saturated rings. The zero-order chi connectivity index (χ0) is 13.1. The second-order valence-electron chi connectivity index (χ2n) is 4.86. The van der Waals surface area contributed by atoms with E-state index in [1.165, 1.54) is 17.7 Å². The number of anilines is 1. The maximum atomic E-state index is 4.47. The standard InChI is InChI=1S/C14H18N4S/c1-15-14-8-16-11(7-17-14)9-18(12-4-5-12)10-13-3-2-6-19-13/h2-3,6-8,12H,4-5,9-10H2,1H3,(H,15,17). The minimum atomic E-state index is 0.730. The van der Waals surface area contributed by atoms with Crippen molar-refractivity contribution in [1.29, 1.82) is 0 Å². The highest BCUT2D eigenvalue weighted by Crippen LogP contribution is 2.30. The fourth-order valence-electron chi connectivity index (χ4n) is 2.13. The van der Waals surface area contributed by atoms with Crippen LogP contribution in [0.25, 0.3) is 0 Å². The Morgan fingerprint density at radius 2 is 2.21 bits per heavy atom. The van der Waals surface area contributed by atoms with E-state index in [9.17, 15) is 0 Å². The second kappa shape index (κ2) is 5.67. The first-order chi connectivity index (χ1) is 9.35. The lowest BCUT2D eigenvalue weighted by Gasteiger charge is -2.20. The Morgan fingerprint density at radius 1 is 1.32 bits per heavy atom. The molecule has 2 aromatic rings. The lowest BCUT2D eigenvalue weighted by Crippen LogP contribution is -2.25. The number of hydrogen-bond acceptors (Lipinski definition) is 5. The van der Waals surface area contributed by atoms with Crippen LogP contribution in [0.15, 0.2) is 29.9 Å². The van der Waals surface area contributed by atoms with Gasteiger partial charge in [0, 0.05) is 31.1 Å². The van der Waals surface area contributed by atoms with Crippen molar-refractivity contribution >= 4 is 17.2 Å². The van der Waals surface area contributed by atoms with Crippen LogP contribution in [0.3, 0.4) is 0 Å². The number of nitrogens with one attached hydrogen (secondary N) is 1. The normalized spacial score (nSPS) is 14.8. The van der Waals surface area contributed by atoms with E-state index in [1.807, 2.05) is 24.6 Å². The van der Waals surface area contributed by atoms with E-state index in [1.54, 1.807) is 6.20 Å². The molecule has 4 nitrogen and oxygen atoms in total. The van der Waals surface area contributed by atoms with E-state index in [2.05, 4.69) is 37.7 Å². The van der Waals surface area contributed by atoms with Crippen molar-refractivity contribution in [2.24, 2.45) is 0 Å². The third-order valence-corrected chi connectivity index (χ3v) is 4.19. The summed E-state index contributed by atoms with van der Waals surface area (Å²) < 4.78 is 0. The summed E-state index contributed by atoms with van der Waals surface area (Å²) in [6.07, 6.45) is 6.29. The molecule has 2 heterocycles. The van der Waals surface area contributed by atoms with Crippen molar-refractivity contribution in [2.45, 2.75) is 32.0 Å². The predicted octanol–water partition coefficient (Wildman–Crippen LogP) is 2.74. The largest absolute Gasteiger partial charge is 0.372 e. The zero-order valence-electron chi connectivity index (χ0n) is 11.0. The smallest absolute Gasteiger partial charge is 0.144 e. The molecule has 0 atom stereocenters. The molecule has 1 N–H and O–H groups in total. The molecule has 3 rings (SSSR count). The quantitative estimate of drug-likeness (QED) is 0.879. The van der Waals surface area contributed by atoms with Crippen molar-refractivity contribution in [3.05, 3.63) is 40.5 Å². The van der Waals surface area contributed by atoms with Gasteiger partial charge in [0.25, 0.3) is 0 Å². The van der Waals surface area contributed by atoms with E-state index >= 15 is 0 Å². The van der Waals surface area contributed by atoms with Crippen LogP contribution in [0.4, 0.5) is 5.82 Å². The number of hydrogen-bond donors (Lipinski definition) is 1. The van der Waals surface area contributed by atoms with Crippen LogP contribution in [0, 0.1) is 0 Å². The molecule has 19 heavy (non-hydrogen) atoms. The van der Waals surface area contributed by atoms with Gasteiger partial charge in [-0.25, -0.2) is 4.98 Å². The molecule has 1 saturated carbocycles. The van der Waals surface area contributed by atoms with Crippen molar-refractivity contribution in [3.63, 3.8) is 0 Å². The van der Waals surface area contributed by atoms with Gasteiger partial charge in [0.1, 0.15) is 5.82 Å². The van der Waals surface area contributed by atoms with Gasteiger partial charge in [-0.15, -0.1) is 11.3 Å². The van der Waals surface area contributed by atoms with Gasteiger partial charge >= 0.3 is 0 Å². The topological polar surface area (TPSA) is 41.1 Å². The molecule has 5 heteroatoms. The van der Waals surface area contributed by atoms with Gasteiger partial charge in [0.05, 0.1) is 18.1 Å². The molecule has 0 bridgehead atoms. The Balaban J connectivity index is 1.66. The molecule has 0 unspecified atom stereocenters. The fourth-order valence-corrected chi connectivity index (χ4v) is 2.86. The minimum Gasteiger partial charge on any atom is -0.372 e. The Morgan fingerprint density at radius 3 is 2.79 bits per heavy atom. The van der Waals surface area contributed by atoms with Crippen molar-refractivity contribution in [3.8, 4) is 0 Å². The van der Waals surface area contributed by atoms with Gasteiger partial charge in [0.2, 0.25) is 0 Å². The molecule has 0 amide bonds. The molecule has 1 aliphatic carbocycles. The van der Waals surface area contributed by atoms with Gasteiger partial charge < -0.3 is 5.32 Å². The molecule has 0 aromatic carbocycles. The van der Waals surface area contributed by atoms with Gasteiger partial charge in [0.15, 0.2) is 0 Å². The van der Waals surface area contributed by atoms with Gasteiger partial charge in [-0.2, -0.15) is 0 Å². The van der Waals surface area contributed by atoms with Crippen LogP contribution in [0.2, 0.25) is 0 Å². The third-order valence-electron chi connectivity index (χ3n) is 3.33. The predicted molar refractivity (Wildman–Crippen MR) is 78.2 cm³/mol. The van der Waals surface area contributed by atoms with E-state index in [4.69, 9.17) is 0 Å². The number of rotatable bonds is 6. The maximum absolute atomic E-state index is 4.47. The van der Waals surface area contributed by atoms with Gasteiger partial charge in [-0.1, -0.05) is 6.07 Å². The molecule has 100 valence electrons. The fraction of sp³-hybridized carbons (Fsp3) is 0.429. The van der Waals surface area contributed by atoms with Crippen LogP contribution in [0.5, 0.6) is 0 Å². The maximum Gasteiger partial charge on any atom is 0.144 e. The SMILES string of the molecule is CNc1cnc(CN(Cc2cccs2)C2CC2)cn1. The van der Waals surface area contributed by atoms with E-state index in [0.717, 1.165) is 30.6 Å². The summed E-state index contributed by atoms with van der Waals surface area (Å²) >= 11 is 1.83. The molecular weight excluding hydrogens is 256 g/mol. The van der Waals surface area contributed by atoms with E-state index in [0.29, 0.717) is 0 Å². The highest BCUT2D eigenvalue weighted by Gasteiger charge is 2.29. The molecular formula is C14H18N4S. The summed E-state index contributed by atoms with van der Waals surface area (Å²) in [7, 11) is 1.86. The summed E-state index contributed by atoms with van der Waals surface area (Å²) in [5.74, 6) is 0.819. The monoisotopic (exact) mass is 274 g/mol. The highest BCUT2D eigenvalue weighted by atomic mass is 32.1. The Hall–Kier alpha value is -1.46. The van der Waals surface area contributed by atoms with Crippen LogP contribution < -0.4 is 5.32 Å². The molecule has 1 aliphatic rings. The van der Waals surface area contributed by atoms with Gasteiger partial charge in [-0.05, 0) is 24.3 Å². The molecule has 0 spiro atoms. The molecule has 0 radical (unpaired) electrons. The molecule has 0 aliphatic heterocycles. The van der Waals surface area contributed by atoms with Crippen molar-refractivity contribution in [2.75, 3.05) is 12.4 Å². The summed E-state index contributed by atoms with van der Waals surface area (Å²) in [5, 5.41) is 5.13. The average molecular weight is 274 g/mol. The van der Waals surface area contributed by atoms with Gasteiger partial charge in [-0.3, -0.25) is 9.88 Å². The third kappa shape index (κ3) is 3.30. The number of thiophene rings is 1. The van der Waals surface area contributed by atoms with E-state index in [-0.39, 0.29) is 0 Å². The minimum absolute atomic E-state index is 0.730. The highest BCUT2D eigenvalue weighted by molar-refractivity contribution is 7.09. The average Bonchev–Trinajstić information content (AvgIpc) is 3.17. The first-order valence-electron chi connectivity index (χ1n) is 6.60. The summed E-state index contributed by atoms with van der Waals surface area (Å²) in [6, 6.07) is 5.05. The second-order valence-corrected chi connectivity index (χ2v) is 5.89. The summed E-state index contributed by atoms with van der Waals surface area (Å²) in [4.78, 5) is 12.7. The molecule has 2 aromatic heterocycles. The van der Waals surface area contributed by atoms with Crippen LogP contribution in [-0.2, 0) is 13.1 Å².